The minimum Gasteiger partial charge on any atom is -0.462 e. The summed E-state index contributed by atoms with van der Waals surface area (Å²) in [5.41, 5.74) is 0. The Morgan fingerprint density at radius 3 is 0.784 bits per heavy atom. The molecular formula is C83H146O17P2. The molecule has 0 aliphatic rings. The average molecular weight is 1480 g/mol. The van der Waals surface area contributed by atoms with Crippen molar-refractivity contribution < 1.29 is 80.2 Å². The van der Waals surface area contributed by atoms with E-state index in [-0.39, 0.29) is 25.7 Å². The first kappa shape index (κ1) is 98.0. The number of aliphatic hydroxyl groups is 1. The summed E-state index contributed by atoms with van der Waals surface area (Å²) in [6.07, 6.45) is 79.7. The molecule has 19 heteroatoms. The number of unbranched alkanes of at least 4 members (excludes halogenated alkanes) is 34. The van der Waals surface area contributed by atoms with Crippen LogP contribution in [0.1, 0.15) is 349 Å². The fourth-order valence-corrected chi connectivity index (χ4v) is 12.4. The molecule has 3 N–H and O–H groups in total. The fraction of sp³-hybridized carbons (Fsp3) is 0.759. The Bertz CT molecular complexity index is 2310. The van der Waals surface area contributed by atoms with E-state index in [1.165, 1.54) is 161 Å². The number of phosphoric ester groups is 2. The smallest absolute Gasteiger partial charge is 0.462 e. The molecule has 0 aromatic heterocycles. The van der Waals surface area contributed by atoms with Gasteiger partial charge in [-0.15, -0.1) is 0 Å². The second-order valence-electron chi connectivity index (χ2n) is 27.0. The lowest BCUT2D eigenvalue weighted by Crippen LogP contribution is -2.30. The van der Waals surface area contributed by atoms with Crippen molar-refractivity contribution >= 4 is 39.5 Å². The third-order valence-electron chi connectivity index (χ3n) is 17.1. The number of carbonyl (C=O) groups is 4. The van der Waals surface area contributed by atoms with Gasteiger partial charge in [-0.1, -0.05) is 318 Å². The van der Waals surface area contributed by atoms with Gasteiger partial charge < -0.3 is 33.8 Å². The number of hydrogen-bond acceptors (Lipinski definition) is 15. The highest BCUT2D eigenvalue weighted by molar-refractivity contribution is 7.47. The van der Waals surface area contributed by atoms with Crippen molar-refractivity contribution in [1.29, 1.82) is 0 Å². The number of hydrogen-bond donors (Lipinski definition) is 3. The first-order valence-electron chi connectivity index (χ1n) is 40.5. The summed E-state index contributed by atoms with van der Waals surface area (Å²) < 4.78 is 68.5. The first-order valence-corrected chi connectivity index (χ1v) is 43.5. The van der Waals surface area contributed by atoms with Crippen molar-refractivity contribution in [3.63, 3.8) is 0 Å². The Labute approximate surface area is 620 Å². The van der Waals surface area contributed by atoms with Crippen LogP contribution in [0.2, 0.25) is 0 Å². The maximum Gasteiger partial charge on any atom is 0.472 e. The number of allylic oxidation sites excluding steroid dienone is 16. The molecule has 2 unspecified atom stereocenters. The zero-order valence-electron chi connectivity index (χ0n) is 64.5. The normalized spacial score (nSPS) is 14.4. The molecule has 590 valence electrons. The third kappa shape index (κ3) is 74.3. The van der Waals surface area contributed by atoms with E-state index >= 15 is 0 Å². The van der Waals surface area contributed by atoms with Crippen LogP contribution in [0.3, 0.4) is 0 Å². The summed E-state index contributed by atoms with van der Waals surface area (Å²) >= 11 is 0. The number of esters is 4. The molecule has 102 heavy (non-hydrogen) atoms. The number of carbonyl (C=O) groups excluding carboxylic acids is 4. The van der Waals surface area contributed by atoms with Crippen molar-refractivity contribution in [2.45, 2.75) is 367 Å². The van der Waals surface area contributed by atoms with Gasteiger partial charge in [0.2, 0.25) is 0 Å². The van der Waals surface area contributed by atoms with Crippen LogP contribution in [0.5, 0.6) is 0 Å². The Balaban J connectivity index is 5.43. The first-order chi connectivity index (χ1) is 49.7. The summed E-state index contributed by atoms with van der Waals surface area (Å²) in [6.45, 7) is 4.75. The highest BCUT2D eigenvalue weighted by atomic mass is 31.2. The minimum absolute atomic E-state index is 0.00779. The molecule has 5 atom stereocenters. The van der Waals surface area contributed by atoms with Gasteiger partial charge >= 0.3 is 39.5 Å². The van der Waals surface area contributed by atoms with Crippen LogP contribution in [0, 0.1) is 0 Å². The van der Waals surface area contributed by atoms with E-state index in [2.05, 4.69) is 101 Å². The van der Waals surface area contributed by atoms with Crippen LogP contribution in [-0.4, -0.2) is 96.7 Å². The van der Waals surface area contributed by atoms with Crippen molar-refractivity contribution in [2.75, 3.05) is 39.6 Å². The van der Waals surface area contributed by atoms with Gasteiger partial charge in [0.1, 0.15) is 19.3 Å². The van der Waals surface area contributed by atoms with Crippen LogP contribution >= 0.6 is 15.6 Å². The van der Waals surface area contributed by atoms with E-state index in [0.717, 1.165) is 96.3 Å². The van der Waals surface area contributed by atoms with Gasteiger partial charge in [-0.3, -0.25) is 37.3 Å². The Morgan fingerprint density at radius 2 is 0.490 bits per heavy atom. The van der Waals surface area contributed by atoms with Crippen molar-refractivity contribution in [3.05, 3.63) is 97.2 Å². The van der Waals surface area contributed by atoms with Crippen LogP contribution in [0.4, 0.5) is 0 Å². The molecular weight excluding hydrogens is 1330 g/mol. The van der Waals surface area contributed by atoms with Gasteiger partial charge in [0.05, 0.1) is 26.4 Å². The third-order valence-corrected chi connectivity index (χ3v) is 19.0. The predicted octanol–water partition coefficient (Wildman–Crippen LogP) is 23.6. The van der Waals surface area contributed by atoms with E-state index in [0.29, 0.717) is 38.5 Å². The standard InChI is InChI=1S/C83H146O17P2/c1-5-9-13-17-21-25-29-33-36-38-41-45-48-52-56-60-64-68-81(86)94-74-79(100-83(88)70-66-62-58-54-50-46-42-39-37-34-30-26-22-18-14-10-6-2)76-98-102(91,92)96-72-77(84)71-95-101(89,90)97-75-78(99-82(87)69-65-61-57-53-49-43-32-28-24-20-16-12-8-4)73-93-80(85)67-63-59-55-51-47-44-40-35-31-27-23-19-15-11-7-3/h21-22,25-26,33-34,36-37,41-42,45-46,52,54,56,58,77-79,84H,5-20,23-24,27-32,35,38-40,43-44,47-51,53,55,57,59-76H2,1-4H3,(H,89,90)(H,91,92)/b25-21-,26-22-,36-33-,37-34-,45-41-,46-42-,56-52-,58-54-/t77-,78+,79+/m0/s1. The molecule has 0 spiro atoms. The maximum atomic E-state index is 13.1. The van der Waals surface area contributed by atoms with E-state index in [4.69, 9.17) is 37.0 Å². The number of rotatable bonds is 76. The van der Waals surface area contributed by atoms with Crippen molar-refractivity contribution in [1.82, 2.24) is 0 Å². The summed E-state index contributed by atoms with van der Waals surface area (Å²) in [4.78, 5) is 73.0. The van der Waals surface area contributed by atoms with Crippen LogP contribution in [-0.2, 0) is 65.4 Å². The summed E-state index contributed by atoms with van der Waals surface area (Å²) in [6, 6.07) is 0. The molecule has 0 saturated carbocycles. The summed E-state index contributed by atoms with van der Waals surface area (Å²) in [7, 11) is -9.98. The summed E-state index contributed by atoms with van der Waals surface area (Å²) in [5.74, 6) is -2.28. The largest absolute Gasteiger partial charge is 0.472 e. The van der Waals surface area contributed by atoms with Gasteiger partial charge in [-0.25, -0.2) is 9.13 Å². The Morgan fingerprint density at radius 1 is 0.275 bits per heavy atom. The van der Waals surface area contributed by atoms with Gasteiger partial charge in [0.25, 0.3) is 0 Å². The highest BCUT2D eigenvalue weighted by Gasteiger charge is 2.30. The van der Waals surface area contributed by atoms with Crippen LogP contribution in [0.15, 0.2) is 97.2 Å². The molecule has 0 aromatic rings. The highest BCUT2D eigenvalue weighted by Crippen LogP contribution is 2.45. The molecule has 0 rings (SSSR count). The van der Waals surface area contributed by atoms with E-state index in [1.807, 2.05) is 24.3 Å². The number of aliphatic hydroxyl groups excluding tert-OH is 1. The van der Waals surface area contributed by atoms with Gasteiger partial charge in [-0.05, 0) is 103 Å². The Hall–Kier alpha value is -4.02. The number of ether oxygens (including phenoxy) is 4. The Kier molecular flexibility index (Phi) is 72.3. The van der Waals surface area contributed by atoms with Gasteiger partial charge in [0.15, 0.2) is 12.2 Å². The molecule has 0 saturated heterocycles. The fourth-order valence-electron chi connectivity index (χ4n) is 10.9. The van der Waals surface area contributed by atoms with Crippen molar-refractivity contribution in [2.24, 2.45) is 0 Å². The monoisotopic (exact) mass is 1480 g/mol. The van der Waals surface area contributed by atoms with E-state index < -0.39 is 97.5 Å². The molecule has 17 nitrogen and oxygen atoms in total. The molecule has 0 aliphatic heterocycles. The topological polar surface area (TPSA) is 237 Å². The molecule has 0 heterocycles. The molecule has 0 radical (unpaired) electrons. The molecule has 0 aliphatic carbocycles. The minimum atomic E-state index is -5.00. The van der Waals surface area contributed by atoms with Crippen LogP contribution < -0.4 is 0 Å². The molecule has 0 aromatic carbocycles. The second-order valence-corrected chi connectivity index (χ2v) is 29.9. The average Bonchev–Trinajstić information content (AvgIpc) is 0.959. The molecule has 0 fully saturated rings. The lowest BCUT2D eigenvalue weighted by atomic mass is 10.0. The number of phosphoric acid groups is 2. The van der Waals surface area contributed by atoms with E-state index in [1.54, 1.807) is 0 Å². The molecule has 0 bridgehead atoms. The van der Waals surface area contributed by atoms with Gasteiger partial charge in [-0.2, -0.15) is 0 Å². The maximum absolute atomic E-state index is 13.1. The summed E-state index contributed by atoms with van der Waals surface area (Å²) in [5, 5.41) is 10.6. The van der Waals surface area contributed by atoms with Crippen molar-refractivity contribution in [3.8, 4) is 0 Å². The van der Waals surface area contributed by atoms with Crippen LogP contribution in [0.25, 0.3) is 0 Å². The van der Waals surface area contributed by atoms with E-state index in [9.17, 15) is 43.2 Å². The predicted molar refractivity (Wildman–Crippen MR) is 418 cm³/mol. The quantitative estimate of drug-likeness (QED) is 0.0169. The van der Waals surface area contributed by atoms with Gasteiger partial charge in [0, 0.05) is 25.7 Å². The SMILES string of the molecule is CCCCC/C=C\C/C=C\C/C=C\C/C=C\CCCC(=O)OC[C@H](COP(=O)(O)OC[C@@H](O)COP(=O)(O)OC[C@@H](COC(=O)CCCCCCCCCCCCCCCCC)OC(=O)CCCCCCCCCCCCCCC)OC(=O)CCC/C=C\C/C=C\C/C=C\C/C=C\CCCCC. The lowest BCUT2D eigenvalue weighted by molar-refractivity contribution is -0.161. The zero-order chi connectivity index (χ0) is 74.6. The molecule has 0 amide bonds. The second kappa shape index (κ2) is 75.2. The lowest BCUT2D eigenvalue weighted by Gasteiger charge is -2.21. The zero-order valence-corrected chi connectivity index (χ0v) is 66.3.